The van der Waals surface area contributed by atoms with Gasteiger partial charge in [-0.25, -0.2) is 0 Å². The number of nitrogens with zero attached hydrogens (tertiary/aromatic N) is 2. The van der Waals surface area contributed by atoms with Crippen LogP contribution in [0.4, 0.5) is 0 Å². The molecule has 0 unspecified atom stereocenters. The quantitative estimate of drug-likeness (QED) is 0.101. The molecule has 0 radical (unpaired) electrons. The summed E-state index contributed by atoms with van der Waals surface area (Å²) >= 11 is 0. The van der Waals surface area contributed by atoms with E-state index in [4.69, 9.17) is 0 Å². The number of hydrogen-bond acceptors (Lipinski definition) is 0. The van der Waals surface area contributed by atoms with Crippen molar-refractivity contribution >= 4 is 101 Å². The normalized spacial score (nSPS) is 12.8. The number of benzene rings is 12. The molecule has 0 spiro atoms. The van der Waals surface area contributed by atoms with Gasteiger partial charge in [0, 0.05) is 27.2 Å². The molecule has 12 aromatic carbocycles. The minimum absolute atomic E-state index is 1.14. The molecule has 1 aliphatic heterocycles. The Morgan fingerprint density at radius 3 is 1.39 bits per heavy atom. The fourth-order valence-corrected chi connectivity index (χ4v) is 23.6. The molecule has 0 saturated heterocycles. The Bertz CT molecular complexity index is 4370. The number of para-hydroxylation sites is 3. The van der Waals surface area contributed by atoms with Crippen LogP contribution in [0.15, 0.2) is 303 Å². The van der Waals surface area contributed by atoms with Gasteiger partial charge in [0.05, 0.1) is 27.8 Å². The number of fused-ring (bicyclic) bond motifs is 9. The van der Waals surface area contributed by atoms with Crippen LogP contribution in [0.1, 0.15) is 0 Å². The summed E-state index contributed by atoms with van der Waals surface area (Å²) < 4.78 is 5.10. The maximum Gasteiger partial charge on any atom is 0.180 e. The van der Waals surface area contributed by atoms with Crippen LogP contribution in [0.3, 0.4) is 0 Å². The van der Waals surface area contributed by atoms with E-state index >= 15 is 0 Å². The molecule has 2 nitrogen and oxygen atoms in total. The Kier molecular flexibility index (Phi) is 10.3. The molecule has 0 fully saturated rings. The molecule has 0 bridgehead atoms. The lowest BCUT2D eigenvalue weighted by molar-refractivity contribution is 1.13. The molecular weight excluding hydrogens is 949 g/mol. The minimum atomic E-state index is -2.85. The highest BCUT2D eigenvalue weighted by Gasteiger charge is 2.49. The molecule has 15 rings (SSSR count). The first kappa shape index (κ1) is 44.2. The number of rotatable bonds is 9. The highest BCUT2D eigenvalue weighted by atomic mass is 28.3. The molecule has 0 amide bonds. The number of aromatic nitrogens is 2. The van der Waals surface area contributed by atoms with Gasteiger partial charge in [0.25, 0.3) is 0 Å². The standard InChI is InChI=1S/C72H50N2Si2/c1-6-27-52(28-7-1)75(53-29-8-2-9-30-53,54-31-10-3-11-32-54)57-37-22-26-51(50-57)73-64-44-19-16-38-58(64)61-43-24-47-67(72(61)73)74-65-45-20-17-39-62(65)70-59(41-23-46-66(70)74)60-42-25-49-69-71(60)63-40-18-21-48-68(63)76(69,55-33-12-4-13-34-55)56-35-14-5-15-36-56/h1-50H. The van der Waals surface area contributed by atoms with Crippen molar-refractivity contribution in [2.75, 3.05) is 0 Å². The van der Waals surface area contributed by atoms with E-state index in [1.807, 2.05) is 0 Å². The monoisotopic (exact) mass is 998 g/mol. The van der Waals surface area contributed by atoms with E-state index in [0.717, 1.165) is 11.4 Å². The van der Waals surface area contributed by atoms with Crippen LogP contribution in [0, 0.1) is 0 Å². The van der Waals surface area contributed by atoms with Gasteiger partial charge >= 0.3 is 0 Å². The van der Waals surface area contributed by atoms with Gasteiger partial charge in [0.15, 0.2) is 16.1 Å². The van der Waals surface area contributed by atoms with E-state index < -0.39 is 16.1 Å². The maximum atomic E-state index is 2.55. The Labute approximate surface area is 444 Å². The van der Waals surface area contributed by atoms with Crippen LogP contribution >= 0.6 is 0 Å². The SMILES string of the molecule is c1ccc([Si](c2ccccc2)(c2ccccc2)c2cccc(-n3c4ccccc4c4cccc(-n5c6ccccc6c6c(-c7cccc8c7-c7ccccc7[Si]8(c7ccccc7)c7ccccc7)cccc65)c43)c2)cc1. The van der Waals surface area contributed by atoms with Crippen LogP contribution in [0.25, 0.3) is 77.2 Å². The van der Waals surface area contributed by atoms with Gasteiger partial charge in [0.1, 0.15) is 0 Å². The van der Waals surface area contributed by atoms with E-state index in [2.05, 4.69) is 312 Å². The lowest BCUT2D eigenvalue weighted by Crippen LogP contribution is -2.74. The molecule has 0 N–H and O–H groups in total. The molecule has 0 saturated carbocycles. The number of hydrogen-bond donors (Lipinski definition) is 0. The van der Waals surface area contributed by atoms with Crippen molar-refractivity contribution in [1.29, 1.82) is 0 Å². The zero-order valence-corrected chi connectivity index (χ0v) is 43.8. The van der Waals surface area contributed by atoms with Crippen molar-refractivity contribution < 1.29 is 0 Å². The van der Waals surface area contributed by atoms with E-state index in [0.29, 0.717) is 0 Å². The predicted molar refractivity (Wildman–Crippen MR) is 327 cm³/mol. The Morgan fingerprint density at radius 1 is 0.289 bits per heavy atom. The van der Waals surface area contributed by atoms with E-state index in [9.17, 15) is 0 Å². The van der Waals surface area contributed by atoms with Crippen molar-refractivity contribution in [3.05, 3.63) is 303 Å². The smallest absolute Gasteiger partial charge is 0.180 e. The summed E-state index contributed by atoms with van der Waals surface area (Å²) in [7, 11) is -5.57. The van der Waals surface area contributed by atoms with Crippen LogP contribution in [0.2, 0.25) is 0 Å². The first-order chi connectivity index (χ1) is 37.8. The van der Waals surface area contributed by atoms with Gasteiger partial charge < -0.3 is 9.13 Å². The Balaban J connectivity index is 0.999. The summed E-state index contributed by atoms with van der Waals surface area (Å²) in [4.78, 5) is 0. The lowest BCUT2D eigenvalue weighted by atomic mass is 9.92. The molecule has 2 aromatic heterocycles. The summed E-state index contributed by atoms with van der Waals surface area (Å²) in [6, 6.07) is 114. The second-order valence-corrected chi connectivity index (χ2v) is 27.8. The zero-order valence-electron chi connectivity index (χ0n) is 41.8. The zero-order chi connectivity index (χ0) is 50.2. The fourth-order valence-electron chi connectivity index (χ4n) is 13.6. The van der Waals surface area contributed by atoms with Gasteiger partial charge in [-0.15, -0.1) is 0 Å². The van der Waals surface area contributed by atoms with Gasteiger partial charge in [0.2, 0.25) is 0 Å². The molecule has 76 heavy (non-hydrogen) atoms. The van der Waals surface area contributed by atoms with E-state index in [-0.39, 0.29) is 0 Å². The molecule has 14 aromatic rings. The van der Waals surface area contributed by atoms with Crippen LogP contribution in [0.5, 0.6) is 0 Å². The average Bonchev–Trinajstić information content (AvgIpc) is 4.31. The van der Waals surface area contributed by atoms with Gasteiger partial charge in [-0.1, -0.05) is 267 Å². The molecule has 356 valence electrons. The predicted octanol–water partition coefficient (Wildman–Crippen LogP) is 12.3. The summed E-state index contributed by atoms with van der Waals surface area (Å²) in [5, 5.41) is 16.0. The first-order valence-electron chi connectivity index (χ1n) is 26.4. The second kappa shape index (κ2) is 17.7. The molecular formula is C72H50N2Si2. The van der Waals surface area contributed by atoms with Crippen LogP contribution < -0.4 is 41.5 Å². The van der Waals surface area contributed by atoms with E-state index in [1.165, 1.54) is 107 Å². The van der Waals surface area contributed by atoms with Crippen molar-refractivity contribution in [3.63, 3.8) is 0 Å². The average molecular weight is 999 g/mol. The molecule has 0 atom stereocenters. The second-order valence-electron chi connectivity index (χ2n) is 20.2. The highest BCUT2D eigenvalue weighted by molar-refractivity contribution is 7.22. The molecule has 0 aliphatic carbocycles. The Morgan fingerprint density at radius 2 is 0.737 bits per heavy atom. The van der Waals surface area contributed by atoms with Crippen LogP contribution in [-0.4, -0.2) is 25.3 Å². The van der Waals surface area contributed by atoms with Crippen molar-refractivity contribution in [1.82, 2.24) is 9.13 Å². The van der Waals surface area contributed by atoms with Gasteiger partial charge in [-0.2, -0.15) is 0 Å². The lowest BCUT2D eigenvalue weighted by Gasteiger charge is -2.34. The fraction of sp³-hybridized carbons (Fsp3) is 0. The molecule has 1 aliphatic rings. The van der Waals surface area contributed by atoms with Crippen molar-refractivity contribution in [2.45, 2.75) is 0 Å². The van der Waals surface area contributed by atoms with Gasteiger partial charge in [-0.3, -0.25) is 0 Å². The van der Waals surface area contributed by atoms with Crippen molar-refractivity contribution in [2.24, 2.45) is 0 Å². The van der Waals surface area contributed by atoms with Gasteiger partial charge in [-0.05, 0) is 100 Å². The third-order valence-electron chi connectivity index (χ3n) is 16.5. The largest absolute Gasteiger partial charge is 0.307 e. The summed E-state index contributed by atoms with van der Waals surface area (Å²) in [5.41, 5.74) is 12.2. The Hall–Kier alpha value is -9.33. The molecule has 4 heteroatoms. The third-order valence-corrected chi connectivity index (χ3v) is 26.2. The first-order valence-corrected chi connectivity index (χ1v) is 30.4. The summed E-state index contributed by atoms with van der Waals surface area (Å²) in [6.45, 7) is 0. The highest BCUT2D eigenvalue weighted by Crippen LogP contribution is 2.45. The topological polar surface area (TPSA) is 9.86 Å². The van der Waals surface area contributed by atoms with Crippen molar-refractivity contribution in [3.8, 4) is 33.6 Å². The molecule has 3 heterocycles. The third kappa shape index (κ3) is 6.32. The summed E-state index contributed by atoms with van der Waals surface area (Å²) in [6.07, 6.45) is 0. The van der Waals surface area contributed by atoms with Crippen LogP contribution in [-0.2, 0) is 0 Å². The summed E-state index contributed by atoms with van der Waals surface area (Å²) in [5.74, 6) is 0. The minimum Gasteiger partial charge on any atom is -0.307 e. The maximum absolute atomic E-state index is 2.85. The van der Waals surface area contributed by atoms with E-state index in [1.54, 1.807) is 0 Å².